The van der Waals surface area contributed by atoms with E-state index < -0.39 is 0 Å². The van der Waals surface area contributed by atoms with E-state index in [-0.39, 0.29) is 10.5 Å². The van der Waals surface area contributed by atoms with Crippen molar-refractivity contribution < 1.29 is 5.11 Å². The number of halogens is 3. The minimum atomic E-state index is 0.0346. The third kappa shape index (κ3) is 2.49. The Morgan fingerprint density at radius 1 is 1.42 bits per heavy atom. The van der Waals surface area contributed by atoms with Crippen LogP contribution >= 0.6 is 45.8 Å². The Morgan fingerprint density at radius 3 is 2.58 bits per heavy atom. The van der Waals surface area contributed by atoms with E-state index in [4.69, 9.17) is 28.3 Å². The van der Waals surface area contributed by atoms with Gasteiger partial charge in [-0.3, -0.25) is 0 Å². The molecular weight excluding hydrogens is 310 g/mol. The molecule has 1 nitrogen and oxygen atoms in total. The van der Waals surface area contributed by atoms with Crippen molar-refractivity contribution in [3.63, 3.8) is 0 Å². The van der Waals surface area contributed by atoms with Crippen LogP contribution in [0.1, 0.15) is 9.49 Å². The van der Waals surface area contributed by atoms with Gasteiger partial charge in [-0.1, -0.05) is 51.9 Å². The maximum Gasteiger partial charge on any atom is 0.0605 e. The smallest absolute Gasteiger partial charge is 0.0605 e. The number of alkyl halides is 1. The normalized spacial score (nSPS) is 13.0. The van der Waals surface area contributed by atoms with Crippen LogP contribution in [-0.2, 0) is 0 Å². The van der Waals surface area contributed by atoms with Gasteiger partial charge in [0.25, 0.3) is 0 Å². The molecule has 66 valence electrons. The Hall–Kier alpha value is 0.490. The van der Waals surface area contributed by atoms with Crippen LogP contribution in [0.4, 0.5) is 0 Å². The van der Waals surface area contributed by atoms with E-state index in [9.17, 15) is 0 Å². The minimum absolute atomic E-state index is 0.0346. The molecule has 0 fully saturated rings. The summed E-state index contributed by atoms with van der Waals surface area (Å²) in [6.45, 7) is 0.0852. The molecule has 0 saturated heterocycles. The van der Waals surface area contributed by atoms with E-state index >= 15 is 0 Å². The molecule has 1 aromatic rings. The molecule has 1 rings (SSSR count). The van der Waals surface area contributed by atoms with Gasteiger partial charge in [-0.15, -0.1) is 0 Å². The van der Waals surface area contributed by atoms with Crippen LogP contribution in [0.25, 0.3) is 0 Å². The van der Waals surface area contributed by atoms with Crippen LogP contribution in [0.3, 0.4) is 0 Å². The fraction of sp³-hybridized carbons (Fsp3) is 0.250. The van der Waals surface area contributed by atoms with E-state index in [1.165, 1.54) is 0 Å². The zero-order valence-electron chi connectivity index (χ0n) is 6.10. The third-order valence-corrected chi connectivity index (χ3v) is 3.09. The standard InChI is InChI=1S/C8H7Cl2IO/c9-5-1-2-6(7(10)3-5)8(11)4-12/h1-3,8,12H,4H2/t8-/m0/s1. The van der Waals surface area contributed by atoms with E-state index in [0.29, 0.717) is 10.0 Å². The van der Waals surface area contributed by atoms with Gasteiger partial charge >= 0.3 is 0 Å². The quantitative estimate of drug-likeness (QED) is 0.654. The number of aliphatic hydroxyl groups is 1. The van der Waals surface area contributed by atoms with Gasteiger partial charge in [-0.25, -0.2) is 0 Å². The van der Waals surface area contributed by atoms with Crippen LogP contribution in [0.15, 0.2) is 18.2 Å². The third-order valence-electron chi connectivity index (χ3n) is 1.46. The largest absolute Gasteiger partial charge is 0.395 e. The Morgan fingerprint density at radius 2 is 2.08 bits per heavy atom. The molecular formula is C8H7Cl2IO. The van der Waals surface area contributed by atoms with Gasteiger partial charge in [0.05, 0.1) is 10.5 Å². The summed E-state index contributed by atoms with van der Waals surface area (Å²) in [4.78, 5) is 0. The first-order valence-corrected chi connectivity index (χ1v) is 5.35. The molecule has 0 unspecified atom stereocenters. The Balaban J connectivity index is 3.01. The van der Waals surface area contributed by atoms with Crippen molar-refractivity contribution in [1.29, 1.82) is 0 Å². The number of rotatable bonds is 2. The first-order chi connectivity index (χ1) is 5.65. The van der Waals surface area contributed by atoms with Crippen molar-refractivity contribution in [2.45, 2.75) is 3.92 Å². The average Bonchev–Trinajstić information content (AvgIpc) is 2.03. The zero-order valence-corrected chi connectivity index (χ0v) is 9.77. The van der Waals surface area contributed by atoms with Crippen molar-refractivity contribution >= 4 is 45.8 Å². The lowest BCUT2D eigenvalue weighted by molar-refractivity contribution is 0.301. The zero-order chi connectivity index (χ0) is 9.14. The van der Waals surface area contributed by atoms with Gasteiger partial charge in [0.2, 0.25) is 0 Å². The average molecular weight is 317 g/mol. The molecule has 0 saturated carbocycles. The predicted molar refractivity (Wildman–Crippen MR) is 60.3 cm³/mol. The first-order valence-electron chi connectivity index (χ1n) is 3.35. The second-order valence-electron chi connectivity index (χ2n) is 2.32. The Labute approximate surface area is 94.8 Å². The molecule has 0 bridgehead atoms. The van der Waals surface area contributed by atoms with Gasteiger partial charge in [-0.05, 0) is 17.7 Å². The lowest BCUT2D eigenvalue weighted by Crippen LogP contribution is -1.95. The van der Waals surface area contributed by atoms with Crippen LogP contribution in [0.5, 0.6) is 0 Å². The van der Waals surface area contributed by atoms with Crippen molar-refractivity contribution in [2.75, 3.05) is 6.61 Å². The minimum Gasteiger partial charge on any atom is -0.395 e. The fourth-order valence-corrected chi connectivity index (χ4v) is 2.12. The second-order valence-corrected chi connectivity index (χ2v) is 4.66. The van der Waals surface area contributed by atoms with E-state index in [2.05, 4.69) is 22.6 Å². The molecule has 0 amide bonds. The van der Waals surface area contributed by atoms with Crippen LogP contribution in [-0.4, -0.2) is 11.7 Å². The van der Waals surface area contributed by atoms with Crippen molar-refractivity contribution in [2.24, 2.45) is 0 Å². The summed E-state index contributed by atoms with van der Waals surface area (Å²) < 4.78 is 0.0346. The number of hydrogen-bond acceptors (Lipinski definition) is 1. The summed E-state index contributed by atoms with van der Waals surface area (Å²) in [7, 11) is 0. The van der Waals surface area contributed by atoms with E-state index in [1.807, 2.05) is 6.07 Å². The van der Waals surface area contributed by atoms with Crippen molar-refractivity contribution in [1.82, 2.24) is 0 Å². The highest BCUT2D eigenvalue weighted by atomic mass is 127. The number of hydrogen-bond donors (Lipinski definition) is 1. The lowest BCUT2D eigenvalue weighted by atomic mass is 10.2. The Kier molecular flexibility index (Phi) is 4.10. The molecule has 0 spiro atoms. The Bertz CT molecular complexity index is 278. The molecule has 4 heteroatoms. The maximum absolute atomic E-state index is 8.88. The molecule has 12 heavy (non-hydrogen) atoms. The lowest BCUT2D eigenvalue weighted by Gasteiger charge is -2.08. The van der Waals surface area contributed by atoms with Crippen molar-refractivity contribution in [3.05, 3.63) is 33.8 Å². The molecule has 0 heterocycles. The summed E-state index contributed by atoms with van der Waals surface area (Å²) in [5.41, 5.74) is 0.921. The molecule has 0 aromatic heterocycles. The maximum atomic E-state index is 8.88. The second kappa shape index (κ2) is 4.65. The topological polar surface area (TPSA) is 20.2 Å². The number of aliphatic hydroxyl groups excluding tert-OH is 1. The van der Waals surface area contributed by atoms with Gasteiger partial charge in [-0.2, -0.15) is 0 Å². The SMILES string of the molecule is OC[C@H](I)c1ccc(Cl)cc1Cl. The highest BCUT2D eigenvalue weighted by molar-refractivity contribution is 14.1. The van der Waals surface area contributed by atoms with Crippen LogP contribution in [0.2, 0.25) is 10.0 Å². The summed E-state index contributed by atoms with van der Waals surface area (Å²) >= 11 is 13.7. The van der Waals surface area contributed by atoms with Gasteiger partial charge < -0.3 is 5.11 Å². The molecule has 0 aliphatic rings. The van der Waals surface area contributed by atoms with E-state index in [1.54, 1.807) is 12.1 Å². The van der Waals surface area contributed by atoms with Gasteiger partial charge in [0.15, 0.2) is 0 Å². The molecule has 1 N–H and O–H groups in total. The first kappa shape index (κ1) is 10.6. The molecule has 1 atom stereocenters. The van der Waals surface area contributed by atoms with E-state index in [0.717, 1.165) is 5.56 Å². The van der Waals surface area contributed by atoms with Gasteiger partial charge in [0, 0.05) is 10.0 Å². The van der Waals surface area contributed by atoms with Gasteiger partial charge in [0.1, 0.15) is 0 Å². The number of benzene rings is 1. The van der Waals surface area contributed by atoms with Crippen LogP contribution < -0.4 is 0 Å². The highest BCUT2D eigenvalue weighted by Crippen LogP contribution is 2.31. The summed E-state index contributed by atoms with van der Waals surface area (Å²) in [6, 6.07) is 5.28. The summed E-state index contributed by atoms with van der Waals surface area (Å²) in [6.07, 6.45) is 0. The van der Waals surface area contributed by atoms with Crippen LogP contribution in [0, 0.1) is 0 Å². The molecule has 0 aliphatic carbocycles. The highest BCUT2D eigenvalue weighted by Gasteiger charge is 2.09. The summed E-state index contributed by atoms with van der Waals surface area (Å²) in [5, 5.41) is 10.1. The predicted octanol–water partition coefficient (Wildman–Crippen LogP) is 3.46. The fourth-order valence-electron chi connectivity index (χ4n) is 0.854. The summed E-state index contributed by atoms with van der Waals surface area (Å²) in [5.74, 6) is 0. The monoisotopic (exact) mass is 316 g/mol. The molecule has 0 aliphatic heterocycles. The molecule has 1 aromatic carbocycles. The molecule has 0 radical (unpaired) electrons. The van der Waals surface area contributed by atoms with Crippen molar-refractivity contribution in [3.8, 4) is 0 Å².